The van der Waals surface area contributed by atoms with Gasteiger partial charge in [-0.1, -0.05) is 25.1 Å². The molecule has 0 aliphatic carbocycles. The predicted octanol–water partition coefficient (Wildman–Crippen LogP) is 5.09. The molecule has 0 radical (unpaired) electrons. The van der Waals surface area contributed by atoms with E-state index in [9.17, 15) is 0 Å². The molecule has 0 spiro atoms. The molecular weight excluding hydrogens is 220 g/mol. The van der Waals surface area contributed by atoms with Gasteiger partial charge in [0.25, 0.3) is 5.76 Å². The fourth-order valence-electron chi connectivity index (χ4n) is 2.08. The van der Waals surface area contributed by atoms with E-state index in [1.54, 1.807) is 0 Å². The molecule has 96 valence electrons. The zero-order chi connectivity index (χ0) is 13.2. The average Bonchev–Trinajstić information content (AvgIpc) is 2.38. The maximum Gasteiger partial charge on any atom is 0.264 e. The third kappa shape index (κ3) is 2.84. The zero-order valence-electron chi connectivity index (χ0n) is 11.8. The molecule has 2 rings (SSSR count). The Labute approximate surface area is 110 Å². The predicted molar refractivity (Wildman–Crippen MR) is 78.4 cm³/mol. The Bertz CT molecular complexity index is 460. The SMILES string of the molecule is CCC1C=C(c2ccccc2)[OH+]C(C(C)(C)C)=C1. The van der Waals surface area contributed by atoms with Crippen molar-refractivity contribution < 1.29 is 4.74 Å². The van der Waals surface area contributed by atoms with E-state index in [0.29, 0.717) is 5.92 Å². The van der Waals surface area contributed by atoms with Crippen LogP contribution in [0.15, 0.2) is 48.2 Å². The molecule has 1 aromatic carbocycles. The van der Waals surface area contributed by atoms with Crippen molar-refractivity contribution in [3.05, 3.63) is 53.8 Å². The highest BCUT2D eigenvalue weighted by Crippen LogP contribution is 2.34. The molecule has 1 nitrogen and oxygen atoms in total. The Morgan fingerprint density at radius 3 is 2.28 bits per heavy atom. The summed E-state index contributed by atoms with van der Waals surface area (Å²) in [5, 5.41) is 0. The van der Waals surface area contributed by atoms with Crippen LogP contribution in [0.3, 0.4) is 0 Å². The van der Waals surface area contributed by atoms with Crippen LogP contribution in [0.2, 0.25) is 0 Å². The Balaban J connectivity index is 2.32. The Kier molecular flexibility index (Phi) is 3.60. The van der Waals surface area contributed by atoms with Crippen molar-refractivity contribution in [2.24, 2.45) is 11.3 Å². The highest BCUT2D eigenvalue weighted by atomic mass is 16.5. The molecule has 1 heteroatoms. The summed E-state index contributed by atoms with van der Waals surface area (Å²) in [6.45, 7) is 8.90. The second kappa shape index (κ2) is 5.01. The summed E-state index contributed by atoms with van der Waals surface area (Å²) in [5.74, 6) is 2.83. The minimum Gasteiger partial charge on any atom is -0.549 e. The molecule has 1 aliphatic heterocycles. The van der Waals surface area contributed by atoms with Gasteiger partial charge in [-0.3, -0.25) is 0 Å². The van der Waals surface area contributed by atoms with Gasteiger partial charge < -0.3 is 4.74 Å². The van der Waals surface area contributed by atoms with E-state index in [2.05, 4.69) is 64.1 Å². The first-order valence-electron chi connectivity index (χ1n) is 6.72. The molecule has 1 aromatic rings. The van der Waals surface area contributed by atoms with Gasteiger partial charge in [-0.2, -0.15) is 0 Å². The lowest BCUT2D eigenvalue weighted by atomic mass is 9.88. The number of benzene rings is 1. The third-order valence-corrected chi connectivity index (χ3v) is 3.29. The largest absolute Gasteiger partial charge is 0.549 e. The van der Waals surface area contributed by atoms with Crippen molar-refractivity contribution in [3.8, 4) is 0 Å². The molecule has 1 aliphatic rings. The maximum absolute atomic E-state index is 4.84. The second-order valence-electron chi connectivity index (χ2n) is 5.90. The lowest BCUT2D eigenvalue weighted by Gasteiger charge is -2.25. The molecule has 1 unspecified atom stereocenters. The summed E-state index contributed by atoms with van der Waals surface area (Å²) in [7, 11) is 0. The quantitative estimate of drug-likeness (QED) is 0.642. The van der Waals surface area contributed by atoms with Crippen molar-refractivity contribution in [2.45, 2.75) is 34.1 Å². The smallest absolute Gasteiger partial charge is 0.264 e. The Morgan fingerprint density at radius 2 is 1.72 bits per heavy atom. The molecule has 0 saturated heterocycles. The van der Waals surface area contributed by atoms with E-state index in [0.717, 1.165) is 12.2 Å². The number of ether oxygens (including phenoxy) is 1. The van der Waals surface area contributed by atoms with Gasteiger partial charge in [-0.15, -0.1) is 0 Å². The average molecular weight is 243 g/mol. The van der Waals surface area contributed by atoms with Crippen molar-refractivity contribution in [2.75, 3.05) is 0 Å². The van der Waals surface area contributed by atoms with E-state index < -0.39 is 0 Å². The van der Waals surface area contributed by atoms with E-state index in [-0.39, 0.29) is 5.41 Å². The van der Waals surface area contributed by atoms with Crippen LogP contribution in [0.25, 0.3) is 5.76 Å². The van der Waals surface area contributed by atoms with Gasteiger partial charge in [0, 0.05) is 18.1 Å². The van der Waals surface area contributed by atoms with Gasteiger partial charge in [-0.25, -0.2) is 0 Å². The summed E-state index contributed by atoms with van der Waals surface area (Å²) < 4.78 is 4.84. The van der Waals surface area contributed by atoms with Gasteiger partial charge >= 0.3 is 0 Å². The van der Waals surface area contributed by atoms with E-state index >= 15 is 0 Å². The van der Waals surface area contributed by atoms with Crippen LogP contribution >= 0.6 is 0 Å². The molecule has 0 bridgehead atoms. The fraction of sp³-hybridized carbons (Fsp3) is 0.412. The minimum absolute atomic E-state index is 0.113. The minimum atomic E-state index is 0.113. The molecule has 1 N–H and O–H groups in total. The van der Waals surface area contributed by atoms with E-state index in [4.69, 9.17) is 4.74 Å². The van der Waals surface area contributed by atoms with Crippen LogP contribution < -0.4 is 0 Å². The van der Waals surface area contributed by atoms with Crippen LogP contribution in [0.4, 0.5) is 0 Å². The Morgan fingerprint density at radius 1 is 1.06 bits per heavy atom. The van der Waals surface area contributed by atoms with Crippen molar-refractivity contribution in [1.29, 1.82) is 0 Å². The van der Waals surface area contributed by atoms with Crippen molar-refractivity contribution in [3.63, 3.8) is 0 Å². The highest BCUT2D eigenvalue weighted by molar-refractivity contribution is 5.61. The number of hydrogen-bond acceptors (Lipinski definition) is 0. The van der Waals surface area contributed by atoms with Crippen LogP contribution in [0.1, 0.15) is 39.7 Å². The number of aliphatic hydroxyl groups is 2. The third-order valence-electron chi connectivity index (χ3n) is 3.29. The summed E-state index contributed by atoms with van der Waals surface area (Å²) in [6, 6.07) is 10.5. The van der Waals surface area contributed by atoms with Crippen LogP contribution in [-0.4, -0.2) is 4.74 Å². The summed E-state index contributed by atoms with van der Waals surface area (Å²) >= 11 is 0. The molecule has 1 atom stereocenters. The first-order chi connectivity index (χ1) is 8.50. The van der Waals surface area contributed by atoms with Gasteiger partial charge in [0.05, 0.1) is 11.0 Å². The first kappa shape index (κ1) is 12.9. The van der Waals surface area contributed by atoms with Crippen LogP contribution in [-0.2, 0) is 0 Å². The number of rotatable bonds is 2. The summed E-state index contributed by atoms with van der Waals surface area (Å²) in [6.07, 6.45) is 5.72. The molecule has 0 fully saturated rings. The van der Waals surface area contributed by atoms with Crippen LogP contribution in [0, 0.1) is 11.3 Å². The zero-order valence-corrected chi connectivity index (χ0v) is 11.8. The topological polar surface area (TPSA) is 12.8 Å². The molecule has 1 heterocycles. The normalized spacial score (nSPS) is 19.9. The van der Waals surface area contributed by atoms with Gasteiger partial charge in [0.1, 0.15) is 0 Å². The molecular formula is C17H23O+. The number of allylic oxidation sites excluding steroid dienone is 3. The lowest BCUT2D eigenvalue weighted by molar-refractivity contribution is 0.108. The monoisotopic (exact) mass is 243 g/mol. The fourth-order valence-corrected chi connectivity index (χ4v) is 2.08. The van der Waals surface area contributed by atoms with Crippen molar-refractivity contribution >= 4 is 5.76 Å². The molecule has 0 amide bonds. The second-order valence-corrected chi connectivity index (χ2v) is 5.90. The molecule has 0 aromatic heterocycles. The van der Waals surface area contributed by atoms with Crippen LogP contribution in [0.5, 0.6) is 0 Å². The van der Waals surface area contributed by atoms with Gasteiger partial charge in [0.2, 0.25) is 5.76 Å². The summed E-state index contributed by atoms with van der Waals surface area (Å²) in [5.41, 5.74) is 1.33. The van der Waals surface area contributed by atoms with E-state index in [1.165, 1.54) is 11.3 Å². The Hall–Kier alpha value is -1.50. The summed E-state index contributed by atoms with van der Waals surface area (Å²) in [4.78, 5) is 0. The number of hydrogen-bond donors (Lipinski definition) is 0. The lowest BCUT2D eigenvalue weighted by Crippen LogP contribution is -2.19. The van der Waals surface area contributed by atoms with Gasteiger partial charge in [0.15, 0.2) is 0 Å². The molecule has 0 saturated carbocycles. The van der Waals surface area contributed by atoms with E-state index in [1.807, 2.05) is 6.07 Å². The highest BCUT2D eigenvalue weighted by Gasteiger charge is 2.30. The maximum atomic E-state index is 4.84. The standard InChI is InChI=1S/C17H22O/c1-5-13-11-15(14-9-7-6-8-10-14)18-16(12-13)17(2,3)4/h6-13H,5H2,1-4H3/p+1. The molecule has 18 heavy (non-hydrogen) atoms. The van der Waals surface area contributed by atoms with Crippen molar-refractivity contribution in [1.82, 2.24) is 0 Å². The van der Waals surface area contributed by atoms with Gasteiger partial charge in [-0.05, 0) is 39.3 Å². The first-order valence-corrected chi connectivity index (χ1v) is 6.72.